The molecule has 0 unspecified atom stereocenters. The highest BCUT2D eigenvalue weighted by Crippen LogP contribution is 2.30. The highest BCUT2D eigenvalue weighted by atomic mass is 35.5. The van der Waals surface area contributed by atoms with Crippen LogP contribution >= 0.6 is 23.2 Å². The number of morpholine rings is 1. The Balaban J connectivity index is 1.45. The molecule has 154 valence electrons. The first-order valence-corrected chi connectivity index (χ1v) is 10.1. The van der Waals surface area contributed by atoms with Crippen LogP contribution in [-0.2, 0) is 4.74 Å². The van der Waals surface area contributed by atoms with Crippen molar-refractivity contribution in [3.8, 4) is 5.75 Å². The summed E-state index contributed by atoms with van der Waals surface area (Å²) in [5.74, 6) is 0.355. The van der Waals surface area contributed by atoms with E-state index in [4.69, 9.17) is 32.7 Å². The summed E-state index contributed by atoms with van der Waals surface area (Å²) in [6.07, 6.45) is 1.12. The first kappa shape index (κ1) is 20.2. The minimum absolute atomic E-state index is 0.0617. The lowest BCUT2D eigenvalue weighted by molar-refractivity contribution is -0.0862. The number of pyridine rings is 1. The third-order valence-corrected chi connectivity index (χ3v) is 6.05. The van der Waals surface area contributed by atoms with Crippen molar-refractivity contribution in [3.05, 3.63) is 62.0 Å². The van der Waals surface area contributed by atoms with E-state index in [9.17, 15) is 9.59 Å². The van der Waals surface area contributed by atoms with Crippen LogP contribution in [0.25, 0.3) is 0 Å². The second-order valence-electron chi connectivity index (χ2n) is 7.15. The summed E-state index contributed by atoms with van der Waals surface area (Å²) < 4.78 is 11.2. The molecule has 2 aromatic rings. The van der Waals surface area contributed by atoms with Crippen LogP contribution in [0.3, 0.4) is 0 Å². The van der Waals surface area contributed by atoms with Crippen LogP contribution in [0.15, 0.2) is 35.3 Å². The molecule has 1 N–H and O–H groups in total. The van der Waals surface area contributed by atoms with Gasteiger partial charge in [-0.05, 0) is 18.2 Å². The van der Waals surface area contributed by atoms with Gasteiger partial charge in [0.15, 0.2) is 0 Å². The number of amides is 1. The molecule has 0 spiro atoms. The number of nitrogens with zero attached hydrogens (tertiary/aromatic N) is 2. The van der Waals surface area contributed by atoms with E-state index in [0.717, 1.165) is 0 Å². The highest BCUT2D eigenvalue weighted by Gasteiger charge is 2.37. The summed E-state index contributed by atoms with van der Waals surface area (Å²) in [4.78, 5) is 31.8. The molecule has 0 bridgehead atoms. The molecule has 1 amide bonds. The van der Waals surface area contributed by atoms with Crippen LogP contribution in [0.1, 0.15) is 22.0 Å². The molecule has 2 aliphatic heterocycles. The Morgan fingerprint density at radius 1 is 1.28 bits per heavy atom. The minimum Gasteiger partial charge on any atom is -0.495 e. The number of H-pyrrole nitrogens is 1. The number of piperazine rings is 1. The summed E-state index contributed by atoms with van der Waals surface area (Å²) >= 11 is 12.3. The Morgan fingerprint density at radius 3 is 2.90 bits per heavy atom. The van der Waals surface area contributed by atoms with Crippen molar-refractivity contribution in [2.24, 2.45) is 0 Å². The third kappa shape index (κ3) is 4.00. The highest BCUT2D eigenvalue weighted by molar-refractivity contribution is 6.35. The third-order valence-electron chi connectivity index (χ3n) is 5.44. The van der Waals surface area contributed by atoms with Crippen LogP contribution < -0.4 is 10.3 Å². The second kappa shape index (κ2) is 8.36. The molecular weight excluding hydrogens is 417 g/mol. The van der Waals surface area contributed by atoms with E-state index >= 15 is 0 Å². The number of carbonyl (C=O) groups is 1. The molecule has 9 heteroatoms. The van der Waals surface area contributed by atoms with Crippen LogP contribution in [0.2, 0.25) is 10.0 Å². The lowest BCUT2D eigenvalue weighted by Crippen LogP contribution is -2.59. The summed E-state index contributed by atoms with van der Waals surface area (Å²) in [6.45, 7) is 2.80. The average Bonchev–Trinajstić information content (AvgIpc) is 2.74. The molecule has 7 nitrogen and oxygen atoms in total. The van der Waals surface area contributed by atoms with Gasteiger partial charge in [-0.2, -0.15) is 0 Å². The zero-order chi connectivity index (χ0) is 20.5. The topological polar surface area (TPSA) is 74.9 Å². The van der Waals surface area contributed by atoms with Crippen LogP contribution in [0, 0.1) is 0 Å². The molecule has 2 fully saturated rings. The molecule has 1 aromatic heterocycles. The Labute approximate surface area is 178 Å². The fourth-order valence-corrected chi connectivity index (χ4v) is 4.33. The van der Waals surface area contributed by atoms with E-state index < -0.39 is 0 Å². The minimum atomic E-state index is -0.344. The van der Waals surface area contributed by atoms with Gasteiger partial charge in [0.25, 0.3) is 11.5 Å². The molecule has 4 rings (SSSR count). The fraction of sp³-hybridized carbons (Fsp3) is 0.400. The van der Waals surface area contributed by atoms with E-state index in [-0.39, 0.29) is 23.6 Å². The van der Waals surface area contributed by atoms with Gasteiger partial charge in [-0.15, -0.1) is 0 Å². The molecule has 2 atom stereocenters. The average molecular weight is 438 g/mol. The van der Waals surface area contributed by atoms with Crippen LogP contribution in [0.4, 0.5) is 0 Å². The number of halogens is 2. The number of fused-ring (bicyclic) bond motifs is 1. The summed E-state index contributed by atoms with van der Waals surface area (Å²) in [5, 5.41) is 0.790. The number of ether oxygens (including phenoxy) is 2. The number of rotatable bonds is 3. The van der Waals surface area contributed by atoms with Crippen molar-refractivity contribution in [1.82, 2.24) is 14.8 Å². The van der Waals surface area contributed by atoms with Crippen LogP contribution in [0.5, 0.6) is 5.75 Å². The first-order valence-electron chi connectivity index (χ1n) is 9.33. The lowest BCUT2D eigenvalue weighted by atomic mass is 10.0. The van der Waals surface area contributed by atoms with Gasteiger partial charge >= 0.3 is 0 Å². The molecule has 0 aliphatic carbocycles. The number of benzene rings is 1. The summed E-state index contributed by atoms with van der Waals surface area (Å²) in [5.41, 5.74) is 0.761. The van der Waals surface area contributed by atoms with Gasteiger partial charge in [0.2, 0.25) is 0 Å². The number of carbonyl (C=O) groups excluding carboxylic acids is 1. The summed E-state index contributed by atoms with van der Waals surface area (Å²) in [6, 6.07) is 6.90. The van der Waals surface area contributed by atoms with Crippen molar-refractivity contribution in [1.29, 1.82) is 0 Å². The quantitative estimate of drug-likeness (QED) is 0.798. The maximum absolute atomic E-state index is 13.0. The lowest BCUT2D eigenvalue weighted by Gasteiger charge is -2.46. The molecule has 2 saturated heterocycles. The SMILES string of the molecule is COc1cccc(C(=O)N2CCN3C[C@@H](c4cc(Cl)c[nH]c4=O)OC[C@@H]3C2)c1Cl. The van der Waals surface area contributed by atoms with Gasteiger partial charge in [0.1, 0.15) is 11.9 Å². The van der Waals surface area contributed by atoms with E-state index in [0.29, 0.717) is 59.7 Å². The smallest absolute Gasteiger partial charge is 0.255 e. The standard InChI is InChI=1S/C20H21Cl2N3O4/c1-28-16-4-2-3-14(18(16)22)20(27)25-6-5-24-10-17(29-11-13(24)9-25)15-7-12(21)8-23-19(15)26/h2-4,7-8,13,17H,5-6,9-11H2,1H3,(H,23,26)/t13-,17-/m0/s1. The number of aromatic nitrogens is 1. The predicted octanol–water partition coefficient (Wildman–Crippen LogP) is 2.59. The number of methoxy groups -OCH3 is 1. The van der Waals surface area contributed by atoms with E-state index in [1.165, 1.54) is 13.3 Å². The Morgan fingerprint density at radius 2 is 2.10 bits per heavy atom. The zero-order valence-corrected chi connectivity index (χ0v) is 17.4. The Kier molecular flexibility index (Phi) is 5.83. The molecular formula is C20H21Cl2N3O4. The molecule has 1 aromatic carbocycles. The van der Waals surface area contributed by atoms with Crippen molar-refractivity contribution in [2.75, 3.05) is 39.9 Å². The van der Waals surface area contributed by atoms with Gasteiger partial charge in [0.05, 0.1) is 35.4 Å². The Hall–Kier alpha value is -2.06. The zero-order valence-electron chi connectivity index (χ0n) is 15.9. The van der Waals surface area contributed by atoms with Gasteiger partial charge in [0, 0.05) is 37.9 Å². The molecule has 0 radical (unpaired) electrons. The van der Waals surface area contributed by atoms with Gasteiger partial charge in [-0.1, -0.05) is 29.3 Å². The van der Waals surface area contributed by atoms with Crippen LogP contribution in [-0.4, -0.2) is 66.6 Å². The molecule has 0 saturated carbocycles. The number of aromatic amines is 1. The normalized spacial score (nSPS) is 22.2. The number of nitrogens with one attached hydrogen (secondary N) is 1. The number of hydrogen-bond acceptors (Lipinski definition) is 5. The monoisotopic (exact) mass is 437 g/mol. The molecule has 29 heavy (non-hydrogen) atoms. The van der Waals surface area contributed by atoms with Gasteiger partial charge < -0.3 is 19.4 Å². The maximum atomic E-state index is 13.0. The largest absolute Gasteiger partial charge is 0.495 e. The summed E-state index contributed by atoms with van der Waals surface area (Å²) in [7, 11) is 1.52. The Bertz CT molecular complexity index is 980. The maximum Gasteiger partial charge on any atom is 0.255 e. The van der Waals surface area contributed by atoms with Gasteiger partial charge in [-0.25, -0.2) is 0 Å². The fourth-order valence-electron chi connectivity index (χ4n) is 3.87. The van der Waals surface area contributed by atoms with E-state index in [2.05, 4.69) is 9.88 Å². The van der Waals surface area contributed by atoms with Crippen molar-refractivity contribution >= 4 is 29.1 Å². The van der Waals surface area contributed by atoms with Gasteiger partial charge in [-0.3, -0.25) is 14.5 Å². The first-order chi connectivity index (χ1) is 14.0. The number of hydrogen-bond donors (Lipinski definition) is 1. The van der Waals surface area contributed by atoms with Crippen molar-refractivity contribution < 1.29 is 14.3 Å². The van der Waals surface area contributed by atoms with E-state index in [1.54, 1.807) is 29.2 Å². The van der Waals surface area contributed by atoms with Crippen molar-refractivity contribution in [3.63, 3.8) is 0 Å². The second-order valence-corrected chi connectivity index (χ2v) is 7.96. The van der Waals surface area contributed by atoms with Crippen molar-refractivity contribution in [2.45, 2.75) is 12.1 Å². The molecule has 2 aliphatic rings. The predicted molar refractivity (Wildman–Crippen MR) is 110 cm³/mol. The van der Waals surface area contributed by atoms with E-state index in [1.807, 2.05) is 0 Å². The molecule has 3 heterocycles.